The molecule has 2 aromatic heterocycles. The molecular formula is C7H3Br2NS. The van der Waals surface area contributed by atoms with Gasteiger partial charge < -0.3 is 0 Å². The van der Waals surface area contributed by atoms with Crippen LogP contribution < -0.4 is 0 Å². The Hall–Kier alpha value is 0.0700. The minimum Gasteiger partial charge on any atom is -0.249 e. The molecule has 0 spiro atoms. The first kappa shape index (κ1) is 7.71. The molecular weight excluding hydrogens is 290 g/mol. The number of hydrogen-bond donors (Lipinski definition) is 0. The highest BCUT2D eigenvalue weighted by Gasteiger charge is 2.04. The van der Waals surface area contributed by atoms with Crippen molar-refractivity contribution in [3.63, 3.8) is 0 Å². The number of hydrogen-bond acceptors (Lipinski definition) is 2. The molecule has 0 atom stereocenters. The van der Waals surface area contributed by atoms with E-state index in [-0.39, 0.29) is 0 Å². The van der Waals surface area contributed by atoms with Crippen LogP contribution in [0.1, 0.15) is 0 Å². The van der Waals surface area contributed by atoms with Crippen LogP contribution in [0, 0.1) is 0 Å². The Morgan fingerprint density at radius 1 is 1.36 bits per heavy atom. The summed E-state index contributed by atoms with van der Waals surface area (Å²) in [6.07, 6.45) is 1.80. The minimum absolute atomic E-state index is 0.906. The van der Waals surface area contributed by atoms with Crippen molar-refractivity contribution in [2.45, 2.75) is 0 Å². The van der Waals surface area contributed by atoms with Gasteiger partial charge >= 0.3 is 0 Å². The van der Waals surface area contributed by atoms with Crippen molar-refractivity contribution in [1.82, 2.24) is 4.98 Å². The molecule has 0 bridgehead atoms. The van der Waals surface area contributed by atoms with Gasteiger partial charge in [0.2, 0.25) is 0 Å². The molecule has 11 heavy (non-hydrogen) atoms. The summed E-state index contributed by atoms with van der Waals surface area (Å²) >= 11 is 8.56. The zero-order valence-corrected chi connectivity index (χ0v) is 9.33. The minimum atomic E-state index is 0.906. The summed E-state index contributed by atoms with van der Waals surface area (Å²) < 4.78 is 3.26. The summed E-state index contributed by atoms with van der Waals surface area (Å²) in [6.45, 7) is 0. The number of nitrogens with zero attached hydrogens (tertiary/aromatic N) is 1. The highest BCUT2D eigenvalue weighted by atomic mass is 79.9. The van der Waals surface area contributed by atoms with Gasteiger partial charge in [-0.25, -0.2) is 4.98 Å². The largest absolute Gasteiger partial charge is 0.249 e. The number of thiophene rings is 1. The summed E-state index contributed by atoms with van der Waals surface area (Å²) in [5.74, 6) is 0. The average molecular weight is 293 g/mol. The molecule has 0 aromatic carbocycles. The quantitative estimate of drug-likeness (QED) is 0.673. The van der Waals surface area contributed by atoms with Gasteiger partial charge in [0.25, 0.3) is 0 Å². The van der Waals surface area contributed by atoms with E-state index in [1.807, 2.05) is 6.07 Å². The predicted molar refractivity (Wildman–Crippen MR) is 55.0 cm³/mol. The molecule has 0 unspecified atom stereocenters. The van der Waals surface area contributed by atoms with E-state index in [9.17, 15) is 0 Å². The van der Waals surface area contributed by atoms with Gasteiger partial charge in [-0.05, 0) is 37.9 Å². The number of rotatable bonds is 0. The molecule has 0 N–H and O–H groups in total. The first-order chi connectivity index (χ1) is 5.29. The van der Waals surface area contributed by atoms with Gasteiger partial charge in [0, 0.05) is 26.1 Å². The van der Waals surface area contributed by atoms with Gasteiger partial charge in [0.05, 0.1) is 0 Å². The molecule has 2 aromatic rings. The normalized spacial score (nSPS) is 10.7. The molecule has 0 aliphatic carbocycles. The smallest absolute Gasteiger partial charge is 0.115 e. The van der Waals surface area contributed by atoms with Gasteiger partial charge in [-0.15, -0.1) is 11.3 Å². The van der Waals surface area contributed by atoms with E-state index in [4.69, 9.17) is 0 Å². The van der Waals surface area contributed by atoms with Crippen molar-refractivity contribution < 1.29 is 0 Å². The van der Waals surface area contributed by atoms with E-state index in [1.54, 1.807) is 17.5 Å². The maximum absolute atomic E-state index is 4.13. The van der Waals surface area contributed by atoms with Gasteiger partial charge in [0.1, 0.15) is 4.60 Å². The van der Waals surface area contributed by atoms with Gasteiger partial charge in [-0.1, -0.05) is 0 Å². The van der Waals surface area contributed by atoms with Crippen LogP contribution in [0.2, 0.25) is 0 Å². The van der Waals surface area contributed by atoms with E-state index >= 15 is 0 Å². The average Bonchev–Trinajstić information content (AvgIpc) is 2.34. The fraction of sp³-hybridized carbons (Fsp3) is 0. The molecule has 2 heterocycles. The number of pyridine rings is 1. The molecule has 0 radical (unpaired) electrons. The molecule has 0 amide bonds. The predicted octanol–water partition coefficient (Wildman–Crippen LogP) is 3.82. The topological polar surface area (TPSA) is 12.9 Å². The van der Waals surface area contributed by atoms with E-state index in [1.165, 1.54) is 4.70 Å². The Morgan fingerprint density at radius 2 is 2.18 bits per heavy atom. The first-order valence-corrected chi connectivity index (χ1v) is 5.43. The number of halogens is 2. The second-order valence-electron chi connectivity index (χ2n) is 2.06. The Kier molecular flexibility index (Phi) is 1.99. The molecule has 0 aliphatic rings. The van der Waals surface area contributed by atoms with E-state index in [0.717, 1.165) is 14.5 Å². The zero-order valence-electron chi connectivity index (χ0n) is 5.34. The molecule has 0 aliphatic heterocycles. The summed E-state index contributed by atoms with van der Waals surface area (Å²) in [4.78, 5) is 4.13. The lowest BCUT2D eigenvalue weighted by atomic mass is 10.3. The monoisotopic (exact) mass is 291 g/mol. The number of aromatic nitrogens is 1. The van der Waals surface area contributed by atoms with Crippen molar-refractivity contribution >= 4 is 53.3 Å². The third-order valence-corrected chi connectivity index (χ3v) is 3.87. The van der Waals surface area contributed by atoms with Crippen LogP contribution in [-0.4, -0.2) is 4.98 Å². The fourth-order valence-electron chi connectivity index (χ4n) is 0.909. The Labute approximate surface area is 84.7 Å². The molecule has 56 valence electrons. The lowest BCUT2D eigenvalue weighted by Gasteiger charge is -1.91. The Bertz CT molecular complexity index is 396. The van der Waals surface area contributed by atoms with Crippen LogP contribution in [-0.2, 0) is 0 Å². The second kappa shape index (κ2) is 2.84. The van der Waals surface area contributed by atoms with Crippen molar-refractivity contribution in [3.8, 4) is 0 Å². The molecule has 0 saturated carbocycles. The molecule has 0 fully saturated rings. The lowest BCUT2D eigenvalue weighted by molar-refractivity contribution is 1.32. The van der Waals surface area contributed by atoms with E-state index in [2.05, 4.69) is 42.2 Å². The summed E-state index contributed by atoms with van der Waals surface area (Å²) in [6, 6.07) is 2.01. The zero-order chi connectivity index (χ0) is 7.84. The molecule has 1 nitrogen and oxygen atoms in total. The highest BCUT2D eigenvalue weighted by molar-refractivity contribution is 9.11. The number of fused-ring (bicyclic) bond motifs is 1. The maximum Gasteiger partial charge on any atom is 0.115 e. The van der Waals surface area contributed by atoms with Crippen LogP contribution >= 0.6 is 43.2 Å². The summed E-state index contributed by atoms with van der Waals surface area (Å²) in [5.41, 5.74) is 0. The standard InChI is InChI=1S/C7H3Br2NS/c8-4-3-11-5-1-2-10-7(9)6(4)5/h1-3H. The fourth-order valence-corrected chi connectivity index (χ4v) is 3.48. The molecule has 2 rings (SSSR count). The second-order valence-corrected chi connectivity index (χ2v) is 4.58. The third kappa shape index (κ3) is 1.23. The maximum atomic E-state index is 4.13. The summed E-state index contributed by atoms with van der Waals surface area (Å²) in [7, 11) is 0. The molecule has 4 heteroatoms. The lowest BCUT2D eigenvalue weighted by Crippen LogP contribution is -1.73. The van der Waals surface area contributed by atoms with Crippen molar-refractivity contribution in [2.75, 3.05) is 0 Å². The van der Waals surface area contributed by atoms with Crippen molar-refractivity contribution in [1.29, 1.82) is 0 Å². The van der Waals surface area contributed by atoms with E-state index in [0.29, 0.717) is 0 Å². The van der Waals surface area contributed by atoms with E-state index < -0.39 is 0 Å². The Morgan fingerprint density at radius 3 is 2.91 bits per heavy atom. The highest BCUT2D eigenvalue weighted by Crippen LogP contribution is 2.33. The van der Waals surface area contributed by atoms with Gasteiger partial charge in [0.15, 0.2) is 0 Å². The summed E-state index contributed by atoms with van der Waals surface area (Å²) in [5, 5.41) is 3.23. The third-order valence-electron chi connectivity index (χ3n) is 1.39. The van der Waals surface area contributed by atoms with Crippen molar-refractivity contribution in [2.24, 2.45) is 0 Å². The van der Waals surface area contributed by atoms with Crippen LogP contribution in [0.25, 0.3) is 10.1 Å². The van der Waals surface area contributed by atoms with Gasteiger partial charge in [-0.2, -0.15) is 0 Å². The SMILES string of the molecule is Brc1csc2ccnc(Br)c12. The van der Waals surface area contributed by atoms with Crippen molar-refractivity contribution in [3.05, 3.63) is 26.7 Å². The Balaban J connectivity index is 2.96. The van der Waals surface area contributed by atoms with Crippen LogP contribution in [0.4, 0.5) is 0 Å². The van der Waals surface area contributed by atoms with Crippen LogP contribution in [0.3, 0.4) is 0 Å². The molecule has 0 saturated heterocycles. The van der Waals surface area contributed by atoms with Crippen LogP contribution in [0.5, 0.6) is 0 Å². The van der Waals surface area contributed by atoms with Crippen LogP contribution in [0.15, 0.2) is 26.7 Å². The first-order valence-electron chi connectivity index (χ1n) is 2.96. The van der Waals surface area contributed by atoms with Gasteiger partial charge in [-0.3, -0.25) is 0 Å².